The van der Waals surface area contributed by atoms with E-state index in [1.807, 2.05) is 6.92 Å². The molecule has 2 amide bonds. The predicted octanol–water partition coefficient (Wildman–Crippen LogP) is 1.48. The molecule has 0 unspecified atom stereocenters. The van der Waals surface area contributed by atoms with Gasteiger partial charge in [0.1, 0.15) is 5.82 Å². The monoisotopic (exact) mass is 270 g/mol. The molecule has 2 aromatic rings. The lowest BCUT2D eigenvalue weighted by atomic mass is 10.1. The number of nitrogens with zero attached hydrogens (tertiary/aromatic N) is 2. The van der Waals surface area contributed by atoms with Crippen molar-refractivity contribution < 1.29 is 9.59 Å². The fourth-order valence-corrected chi connectivity index (χ4v) is 2.27. The van der Waals surface area contributed by atoms with E-state index in [2.05, 4.69) is 15.7 Å². The average molecular weight is 270 g/mol. The molecular formula is C14H14N4O2. The highest BCUT2D eigenvalue weighted by atomic mass is 16.2. The number of hydrogen-bond acceptors (Lipinski definition) is 3. The fraction of sp³-hybridized carbons (Fsp3) is 0.214. The van der Waals surface area contributed by atoms with Gasteiger partial charge in [0.25, 0.3) is 5.91 Å². The van der Waals surface area contributed by atoms with Gasteiger partial charge in [-0.15, -0.1) is 0 Å². The Hall–Kier alpha value is -2.63. The average Bonchev–Trinajstić information content (AvgIpc) is 2.90. The van der Waals surface area contributed by atoms with Crippen molar-refractivity contribution in [1.82, 2.24) is 9.78 Å². The summed E-state index contributed by atoms with van der Waals surface area (Å²) in [6, 6.07) is 7.01. The van der Waals surface area contributed by atoms with Crippen LogP contribution in [0, 0.1) is 6.92 Å². The number of anilines is 2. The van der Waals surface area contributed by atoms with Crippen LogP contribution in [-0.4, -0.2) is 21.6 Å². The third-order valence-electron chi connectivity index (χ3n) is 3.24. The van der Waals surface area contributed by atoms with E-state index in [0.717, 1.165) is 11.3 Å². The Labute approximate surface area is 115 Å². The quantitative estimate of drug-likeness (QED) is 0.867. The zero-order chi connectivity index (χ0) is 14.3. The standard InChI is InChI=1S/C14H14N4O2/c1-8-5-12(18(2)17-8)16-14(20)10-4-3-9-7-13(19)15-11(9)6-10/h3-6H,7H2,1-2H3,(H,15,19)(H,16,20). The number of aryl methyl sites for hydroxylation is 2. The van der Waals surface area contributed by atoms with E-state index in [4.69, 9.17) is 0 Å². The van der Waals surface area contributed by atoms with Gasteiger partial charge in [-0.2, -0.15) is 5.10 Å². The van der Waals surface area contributed by atoms with Crippen molar-refractivity contribution in [3.63, 3.8) is 0 Å². The van der Waals surface area contributed by atoms with Crippen molar-refractivity contribution in [1.29, 1.82) is 0 Å². The van der Waals surface area contributed by atoms with Gasteiger partial charge in [-0.3, -0.25) is 14.3 Å². The first kappa shape index (κ1) is 12.4. The Balaban J connectivity index is 1.83. The molecule has 0 fully saturated rings. The summed E-state index contributed by atoms with van der Waals surface area (Å²) in [4.78, 5) is 23.5. The maximum Gasteiger partial charge on any atom is 0.256 e. The fourth-order valence-electron chi connectivity index (χ4n) is 2.27. The summed E-state index contributed by atoms with van der Waals surface area (Å²) < 4.78 is 1.61. The zero-order valence-electron chi connectivity index (χ0n) is 11.2. The van der Waals surface area contributed by atoms with Crippen LogP contribution in [0.15, 0.2) is 24.3 Å². The summed E-state index contributed by atoms with van der Waals surface area (Å²) in [6.45, 7) is 1.86. The van der Waals surface area contributed by atoms with Crippen LogP contribution < -0.4 is 10.6 Å². The molecule has 6 nitrogen and oxygen atoms in total. The third-order valence-corrected chi connectivity index (χ3v) is 3.24. The molecule has 2 N–H and O–H groups in total. The van der Waals surface area contributed by atoms with Crippen LogP contribution in [-0.2, 0) is 18.3 Å². The lowest BCUT2D eigenvalue weighted by Gasteiger charge is -2.06. The molecule has 0 radical (unpaired) electrons. The smallest absolute Gasteiger partial charge is 0.256 e. The van der Waals surface area contributed by atoms with Gasteiger partial charge < -0.3 is 10.6 Å². The van der Waals surface area contributed by atoms with Crippen LogP contribution in [0.2, 0.25) is 0 Å². The number of benzene rings is 1. The van der Waals surface area contributed by atoms with Crippen molar-refractivity contribution in [3.05, 3.63) is 41.1 Å². The zero-order valence-corrected chi connectivity index (χ0v) is 11.2. The Morgan fingerprint density at radius 2 is 2.20 bits per heavy atom. The number of carbonyl (C=O) groups excluding carboxylic acids is 2. The predicted molar refractivity (Wildman–Crippen MR) is 74.7 cm³/mol. The first-order chi connectivity index (χ1) is 9.52. The van der Waals surface area contributed by atoms with Gasteiger partial charge in [0.05, 0.1) is 12.1 Å². The number of fused-ring (bicyclic) bond motifs is 1. The van der Waals surface area contributed by atoms with Gasteiger partial charge in [-0.25, -0.2) is 0 Å². The number of aromatic nitrogens is 2. The Morgan fingerprint density at radius 3 is 2.90 bits per heavy atom. The lowest BCUT2D eigenvalue weighted by molar-refractivity contribution is -0.115. The minimum atomic E-state index is -0.225. The third kappa shape index (κ3) is 2.16. The number of hydrogen-bond donors (Lipinski definition) is 2. The first-order valence-electron chi connectivity index (χ1n) is 6.28. The van der Waals surface area contributed by atoms with E-state index in [1.54, 1.807) is 36.0 Å². The van der Waals surface area contributed by atoms with E-state index >= 15 is 0 Å². The molecule has 1 aliphatic rings. The highest BCUT2D eigenvalue weighted by Gasteiger charge is 2.19. The molecule has 20 heavy (non-hydrogen) atoms. The van der Waals surface area contributed by atoms with E-state index in [0.29, 0.717) is 23.5 Å². The summed E-state index contributed by atoms with van der Waals surface area (Å²) in [7, 11) is 1.77. The Morgan fingerprint density at radius 1 is 1.40 bits per heavy atom. The van der Waals surface area contributed by atoms with E-state index in [-0.39, 0.29) is 11.8 Å². The van der Waals surface area contributed by atoms with Gasteiger partial charge in [0, 0.05) is 24.4 Å². The Kier molecular flexibility index (Phi) is 2.78. The molecular weight excluding hydrogens is 256 g/mol. The summed E-state index contributed by atoms with van der Waals surface area (Å²) in [5, 5.41) is 9.70. The molecule has 2 heterocycles. The molecule has 1 aromatic heterocycles. The number of amides is 2. The molecule has 3 rings (SSSR count). The van der Waals surface area contributed by atoms with Crippen LogP contribution in [0.25, 0.3) is 0 Å². The van der Waals surface area contributed by atoms with Crippen molar-refractivity contribution in [2.75, 3.05) is 10.6 Å². The maximum atomic E-state index is 12.2. The van der Waals surface area contributed by atoms with Crippen molar-refractivity contribution >= 4 is 23.3 Å². The van der Waals surface area contributed by atoms with Crippen molar-refractivity contribution in [2.24, 2.45) is 7.05 Å². The van der Waals surface area contributed by atoms with Crippen molar-refractivity contribution in [3.8, 4) is 0 Å². The van der Waals surface area contributed by atoms with Crippen LogP contribution in [0.3, 0.4) is 0 Å². The molecule has 0 spiro atoms. The molecule has 6 heteroatoms. The molecule has 0 aliphatic carbocycles. The summed E-state index contributed by atoms with van der Waals surface area (Å²) in [5.41, 5.74) is 2.97. The SMILES string of the molecule is Cc1cc(NC(=O)c2ccc3c(c2)NC(=O)C3)n(C)n1. The van der Waals surface area contributed by atoms with Crippen LogP contribution in [0.1, 0.15) is 21.6 Å². The largest absolute Gasteiger partial charge is 0.326 e. The second-order valence-corrected chi connectivity index (χ2v) is 4.85. The summed E-state index contributed by atoms with van der Waals surface area (Å²) in [6.07, 6.45) is 0.373. The van der Waals surface area contributed by atoms with Gasteiger partial charge in [0.2, 0.25) is 5.91 Å². The topological polar surface area (TPSA) is 76.0 Å². The minimum absolute atomic E-state index is 0.0418. The molecule has 102 valence electrons. The lowest BCUT2D eigenvalue weighted by Crippen LogP contribution is -2.14. The second kappa shape index (κ2) is 4.48. The van der Waals surface area contributed by atoms with E-state index in [1.165, 1.54) is 0 Å². The molecule has 1 aromatic carbocycles. The van der Waals surface area contributed by atoms with Crippen LogP contribution in [0.4, 0.5) is 11.5 Å². The molecule has 1 aliphatic heterocycles. The Bertz CT molecular complexity index is 718. The highest BCUT2D eigenvalue weighted by Crippen LogP contribution is 2.24. The number of carbonyl (C=O) groups is 2. The number of nitrogens with one attached hydrogen (secondary N) is 2. The van der Waals surface area contributed by atoms with E-state index < -0.39 is 0 Å². The minimum Gasteiger partial charge on any atom is -0.326 e. The van der Waals surface area contributed by atoms with E-state index in [9.17, 15) is 9.59 Å². The highest BCUT2D eigenvalue weighted by molar-refractivity contribution is 6.06. The van der Waals surface area contributed by atoms with Gasteiger partial charge in [0.15, 0.2) is 0 Å². The molecule has 0 saturated heterocycles. The maximum absolute atomic E-state index is 12.2. The molecule has 0 saturated carbocycles. The van der Waals surface area contributed by atoms with Gasteiger partial charge >= 0.3 is 0 Å². The number of rotatable bonds is 2. The van der Waals surface area contributed by atoms with Crippen LogP contribution in [0.5, 0.6) is 0 Å². The first-order valence-corrected chi connectivity index (χ1v) is 6.28. The molecule has 0 atom stereocenters. The summed E-state index contributed by atoms with van der Waals surface area (Å²) in [5.74, 6) is 0.369. The molecule has 0 bridgehead atoms. The van der Waals surface area contributed by atoms with Crippen molar-refractivity contribution in [2.45, 2.75) is 13.3 Å². The summed E-state index contributed by atoms with van der Waals surface area (Å²) >= 11 is 0. The van der Waals surface area contributed by atoms with Gasteiger partial charge in [-0.1, -0.05) is 6.07 Å². The van der Waals surface area contributed by atoms with Gasteiger partial charge in [-0.05, 0) is 24.6 Å². The second-order valence-electron chi connectivity index (χ2n) is 4.85. The van der Waals surface area contributed by atoms with Crippen LogP contribution >= 0.6 is 0 Å². The normalized spacial score (nSPS) is 13.0.